The van der Waals surface area contributed by atoms with E-state index in [1.54, 1.807) is 14.1 Å². The Morgan fingerprint density at radius 2 is 1.89 bits per heavy atom. The van der Waals surface area contributed by atoms with Gasteiger partial charge in [0.25, 0.3) is 5.91 Å². The molecule has 100 valence electrons. The molecule has 0 saturated carbocycles. The Hall–Kier alpha value is -2.17. The first-order valence-corrected chi connectivity index (χ1v) is 6.20. The molecule has 1 aromatic carbocycles. The molecule has 0 aliphatic heterocycles. The van der Waals surface area contributed by atoms with Crippen molar-refractivity contribution in [3.63, 3.8) is 0 Å². The molecule has 1 amide bonds. The molecule has 2 rings (SSSR count). The Labute approximate surface area is 112 Å². The Morgan fingerprint density at radius 3 is 2.53 bits per heavy atom. The highest BCUT2D eigenvalue weighted by molar-refractivity contribution is 5.88. The lowest BCUT2D eigenvalue weighted by Crippen LogP contribution is -2.27. The summed E-state index contributed by atoms with van der Waals surface area (Å²) in [6.07, 6.45) is 0.810. The standard InChI is InChI=1S/C14H17N3O2/c1-4-12-10-7-5-6-8-11(10)14(16-15-12)19-9-13(18)17(2)3/h5-8H,4,9H2,1-3H3. The SMILES string of the molecule is CCc1nnc(OCC(=O)N(C)C)c2ccccc12. The van der Waals surface area contributed by atoms with Gasteiger partial charge < -0.3 is 9.64 Å². The Balaban J connectivity index is 2.32. The molecule has 5 nitrogen and oxygen atoms in total. The van der Waals surface area contributed by atoms with Crippen LogP contribution >= 0.6 is 0 Å². The number of nitrogens with zero attached hydrogens (tertiary/aromatic N) is 3. The van der Waals surface area contributed by atoms with Gasteiger partial charge in [-0.25, -0.2) is 0 Å². The highest BCUT2D eigenvalue weighted by atomic mass is 16.5. The van der Waals surface area contributed by atoms with Crippen molar-refractivity contribution in [3.05, 3.63) is 30.0 Å². The summed E-state index contributed by atoms with van der Waals surface area (Å²) >= 11 is 0. The van der Waals surface area contributed by atoms with Crippen LogP contribution in [0.25, 0.3) is 10.8 Å². The van der Waals surface area contributed by atoms with Gasteiger partial charge in [-0.2, -0.15) is 5.10 Å². The first-order chi connectivity index (χ1) is 9.13. The van der Waals surface area contributed by atoms with Gasteiger partial charge in [-0.05, 0) is 12.5 Å². The monoisotopic (exact) mass is 259 g/mol. The number of aryl methyl sites for hydroxylation is 1. The maximum Gasteiger partial charge on any atom is 0.260 e. The minimum absolute atomic E-state index is 0.0306. The molecule has 2 aromatic rings. The lowest BCUT2D eigenvalue weighted by atomic mass is 10.1. The predicted molar refractivity (Wildman–Crippen MR) is 73.1 cm³/mol. The van der Waals surface area contributed by atoms with Gasteiger partial charge in [0, 0.05) is 24.9 Å². The van der Waals surface area contributed by atoms with Crippen LogP contribution in [0.1, 0.15) is 12.6 Å². The van der Waals surface area contributed by atoms with Gasteiger partial charge in [-0.15, -0.1) is 5.10 Å². The van der Waals surface area contributed by atoms with Crippen LogP contribution in [0.15, 0.2) is 24.3 Å². The summed E-state index contributed by atoms with van der Waals surface area (Å²) in [4.78, 5) is 13.0. The number of fused-ring (bicyclic) bond motifs is 1. The molecule has 0 bridgehead atoms. The van der Waals surface area contributed by atoms with Crippen molar-refractivity contribution in [2.24, 2.45) is 0 Å². The predicted octanol–water partition coefficient (Wildman–Crippen LogP) is 1.66. The number of hydrogen-bond acceptors (Lipinski definition) is 4. The van der Waals surface area contributed by atoms with Crippen LogP contribution in [-0.2, 0) is 11.2 Å². The quantitative estimate of drug-likeness (QED) is 0.838. The van der Waals surface area contributed by atoms with E-state index in [4.69, 9.17) is 4.74 Å². The summed E-state index contributed by atoms with van der Waals surface area (Å²) in [7, 11) is 3.38. The van der Waals surface area contributed by atoms with Crippen LogP contribution in [0.2, 0.25) is 0 Å². The average Bonchev–Trinajstić information content (AvgIpc) is 2.44. The Kier molecular flexibility index (Phi) is 3.94. The van der Waals surface area contributed by atoms with E-state index < -0.39 is 0 Å². The molecule has 1 heterocycles. The number of amides is 1. The van der Waals surface area contributed by atoms with Crippen molar-refractivity contribution in [2.75, 3.05) is 20.7 Å². The van der Waals surface area contributed by atoms with Crippen molar-refractivity contribution < 1.29 is 9.53 Å². The lowest BCUT2D eigenvalue weighted by molar-refractivity contribution is -0.130. The molecular weight excluding hydrogens is 242 g/mol. The fourth-order valence-electron chi connectivity index (χ4n) is 1.76. The van der Waals surface area contributed by atoms with Crippen LogP contribution in [0, 0.1) is 0 Å². The molecule has 0 aliphatic rings. The highest BCUT2D eigenvalue weighted by Gasteiger charge is 2.11. The van der Waals surface area contributed by atoms with E-state index in [0.29, 0.717) is 5.88 Å². The average molecular weight is 259 g/mol. The van der Waals surface area contributed by atoms with Gasteiger partial charge in [-0.1, -0.05) is 25.1 Å². The van der Waals surface area contributed by atoms with E-state index in [1.807, 2.05) is 31.2 Å². The van der Waals surface area contributed by atoms with Crippen LogP contribution in [0.5, 0.6) is 5.88 Å². The van der Waals surface area contributed by atoms with Crippen molar-refractivity contribution in [3.8, 4) is 5.88 Å². The third-order valence-electron chi connectivity index (χ3n) is 2.90. The Bertz CT molecular complexity index is 596. The first kappa shape index (κ1) is 13.3. The zero-order valence-electron chi connectivity index (χ0n) is 11.4. The largest absolute Gasteiger partial charge is 0.466 e. The molecule has 0 saturated heterocycles. The minimum Gasteiger partial charge on any atom is -0.466 e. The molecule has 0 unspecified atom stereocenters. The number of ether oxygens (including phenoxy) is 1. The highest BCUT2D eigenvalue weighted by Crippen LogP contribution is 2.24. The second-order valence-corrected chi connectivity index (χ2v) is 4.43. The molecule has 0 N–H and O–H groups in total. The Morgan fingerprint density at radius 1 is 1.21 bits per heavy atom. The lowest BCUT2D eigenvalue weighted by Gasteiger charge is -2.12. The summed E-state index contributed by atoms with van der Waals surface area (Å²) in [5.74, 6) is 0.299. The summed E-state index contributed by atoms with van der Waals surface area (Å²) in [5.41, 5.74) is 0.932. The molecule has 1 aromatic heterocycles. The third-order valence-corrected chi connectivity index (χ3v) is 2.90. The normalized spacial score (nSPS) is 10.5. The maximum absolute atomic E-state index is 11.5. The fraction of sp³-hybridized carbons (Fsp3) is 0.357. The van der Waals surface area contributed by atoms with Crippen molar-refractivity contribution >= 4 is 16.7 Å². The van der Waals surface area contributed by atoms with E-state index in [-0.39, 0.29) is 12.5 Å². The van der Waals surface area contributed by atoms with Crippen molar-refractivity contribution in [1.82, 2.24) is 15.1 Å². The van der Waals surface area contributed by atoms with Crippen molar-refractivity contribution in [1.29, 1.82) is 0 Å². The van der Waals surface area contributed by atoms with Crippen LogP contribution in [0.3, 0.4) is 0 Å². The molecule has 0 aliphatic carbocycles. The smallest absolute Gasteiger partial charge is 0.260 e. The van der Waals surface area contributed by atoms with E-state index in [9.17, 15) is 4.79 Å². The van der Waals surface area contributed by atoms with Crippen LogP contribution in [0.4, 0.5) is 0 Å². The van der Waals surface area contributed by atoms with Gasteiger partial charge in [0.05, 0.1) is 5.69 Å². The summed E-state index contributed by atoms with van der Waals surface area (Å²) in [6.45, 7) is 2.00. The number of benzene rings is 1. The van der Waals surface area contributed by atoms with E-state index in [0.717, 1.165) is 22.9 Å². The maximum atomic E-state index is 11.5. The number of hydrogen-bond donors (Lipinski definition) is 0. The number of rotatable bonds is 4. The van der Waals surface area contributed by atoms with E-state index in [2.05, 4.69) is 10.2 Å². The minimum atomic E-state index is -0.106. The number of likely N-dealkylation sites (N-methyl/N-ethyl adjacent to an activating group) is 1. The zero-order chi connectivity index (χ0) is 13.8. The van der Waals surface area contributed by atoms with Gasteiger partial charge >= 0.3 is 0 Å². The van der Waals surface area contributed by atoms with E-state index in [1.165, 1.54) is 4.90 Å². The second kappa shape index (κ2) is 5.65. The van der Waals surface area contributed by atoms with Crippen molar-refractivity contribution in [2.45, 2.75) is 13.3 Å². The summed E-state index contributed by atoms with van der Waals surface area (Å²) in [5, 5.41) is 10.1. The molecule has 0 atom stereocenters. The van der Waals surface area contributed by atoms with E-state index >= 15 is 0 Å². The molecule has 19 heavy (non-hydrogen) atoms. The fourth-order valence-corrected chi connectivity index (χ4v) is 1.76. The molecular formula is C14H17N3O2. The summed E-state index contributed by atoms with van der Waals surface area (Å²) in [6, 6.07) is 7.80. The molecule has 0 fully saturated rings. The van der Waals surface area contributed by atoms with Gasteiger partial charge in [0.2, 0.25) is 5.88 Å². The molecule has 0 radical (unpaired) electrons. The zero-order valence-corrected chi connectivity index (χ0v) is 11.4. The van der Waals surface area contributed by atoms with Crippen LogP contribution in [-0.4, -0.2) is 41.7 Å². The third kappa shape index (κ3) is 2.81. The number of carbonyl (C=O) groups is 1. The second-order valence-electron chi connectivity index (χ2n) is 4.43. The molecule has 5 heteroatoms. The van der Waals surface area contributed by atoms with Gasteiger partial charge in [0.15, 0.2) is 6.61 Å². The van der Waals surface area contributed by atoms with Gasteiger partial charge in [0.1, 0.15) is 0 Å². The summed E-state index contributed by atoms with van der Waals surface area (Å²) < 4.78 is 5.48. The topological polar surface area (TPSA) is 55.3 Å². The first-order valence-electron chi connectivity index (χ1n) is 6.20. The number of carbonyl (C=O) groups excluding carboxylic acids is 1. The van der Waals surface area contributed by atoms with Crippen LogP contribution < -0.4 is 4.74 Å². The van der Waals surface area contributed by atoms with Gasteiger partial charge in [-0.3, -0.25) is 4.79 Å². The molecule has 0 spiro atoms. The number of aromatic nitrogens is 2.